The fourth-order valence-electron chi connectivity index (χ4n) is 1.38. The molecular weight excluding hydrogens is 202 g/mol. The smallest absolute Gasteiger partial charge is 0.147 e. The van der Waals surface area contributed by atoms with Gasteiger partial charge in [-0.3, -0.25) is 4.98 Å². The van der Waals surface area contributed by atoms with Crippen LogP contribution in [0.1, 0.15) is 31.7 Å². The Kier molecular flexibility index (Phi) is 4.68. The molecule has 16 heavy (non-hydrogen) atoms. The molecule has 1 aromatic rings. The molecule has 2 atom stereocenters. The monoisotopic (exact) mass is 223 g/mol. The number of aliphatic hydroxyl groups is 1. The number of anilines is 1. The van der Waals surface area contributed by atoms with Gasteiger partial charge in [-0.15, -0.1) is 0 Å². The van der Waals surface area contributed by atoms with Crippen LogP contribution in [-0.2, 0) is 0 Å². The molecule has 0 spiro atoms. The fraction of sp³-hybridized carbons (Fsp3) is 0.667. The van der Waals surface area contributed by atoms with E-state index in [4.69, 9.17) is 0 Å². The molecule has 0 aliphatic heterocycles. The fourth-order valence-corrected chi connectivity index (χ4v) is 1.38. The van der Waals surface area contributed by atoms with Crippen LogP contribution in [0.4, 0.5) is 5.82 Å². The van der Waals surface area contributed by atoms with Crippen molar-refractivity contribution in [1.29, 1.82) is 0 Å². The highest BCUT2D eigenvalue weighted by atomic mass is 16.3. The molecule has 1 heterocycles. The lowest BCUT2D eigenvalue weighted by atomic mass is 10.0. The van der Waals surface area contributed by atoms with E-state index < -0.39 is 0 Å². The molecular formula is C12H21N3O. The Morgan fingerprint density at radius 1 is 1.44 bits per heavy atom. The number of aliphatic hydroxyl groups excluding tert-OH is 1. The summed E-state index contributed by atoms with van der Waals surface area (Å²) in [6, 6.07) is 0. The molecule has 0 saturated carbocycles. The van der Waals surface area contributed by atoms with Crippen molar-refractivity contribution in [3.8, 4) is 0 Å². The molecule has 1 rings (SSSR count). The predicted octanol–water partition coefficient (Wildman–Crippen LogP) is 1.91. The van der Waals surface area contributed by atoms with E-state index >= 15 is 0 Å². The molecule has 2 unspecified atom stereocenters. The van der Waals surface area contributed by atoms with E-state index in [2.05, 4.69) is 22.2 Å². The number of rotatable bonds is 5. The standard InChI is InChI=1S/C12H21N3O/c1-5-8(2)11(16)7-14-12-10(4)13-6-9(3)15-12/h6,8,11,16H,5,7H2,1-4H3,(H,14,15). The second-order valence-corrected chi connectivity index (χ2v) is 4.28. The molecule has 4 nitrogen and oxygen atoms in total. The van der Waals surface area contributed by atoms with Gasteiger partial charge < -0.3 is 10.4 Å². The van der Waals surface area contributed by atoms with Gasteiger partial charge in [-0.05, 0) is 19.8 Å². The molecule has 90 valence electrons. The Hall–Kier alpha value is -1.16. The summed E-state index contributed by atoms with van der Waals surface area (Å²) in [5, 5.41) is 13.0. The quantitative estimate of drug-likeness (QED) is 0.800. The van der Waals surface area contributed by atoms with Crippen LogP contribution in [0.3, 0.4) is 0 Å². The van der Waals surface area contributed by atoms with Gasteiger partial charge in [0.2, 0.25) is 0 Å². The highest BCUT2D eigenvalue weighted by Crippen LogP contribution is 2.11. The second-order valence-electron chi connectivity index (χ2n) is 4.28. The Morgan fingerprint density at radius 2 is 2.12 bits per heavy atom. The summed E-state index contributed by atoms with van der Waals surface area (Å²) in [7, 11) is 0. The third kappa shape index (κ3) is 3.45. The van der Waals surface area contributed by atoms with Gasteiger partial charge in [-0.2, -0.15) is 0 Å². The van der Waals surface area contributed by atoms with Crippen molar-refractivity contribution in [2.24, 2.45) is 5.92 Å². The Balaban J connectivity index is 2.57. The van der Waals surface area contributed by atoms with E-state index in [9.17, 15) is 5.11 Å². The van der Waals surface area contributed by atoms with E-state index in [1.807, 2.05) is 20.8 Å². The van der Waals surface area contributed by atoms with Crippen molar-refractivity contribution in [1.82, 2.24) is 9.97 Å². The van der Waals surface area contributed by atoms with Gasteiger partial charge in [-0.25, -0.2) is 4.98 Å². The zero-order valence-corrected chi connectivity index (χ0v) is 10.5. The van der Waals surface area contributed by atoms with Gasteiger partial charge in [0.1, 0.15) is 5.82 Å². The summed E-state index contributed by atoms with van der Waals surface area (Å²) in [6.07, 6.45) is 2.37. The van der Waals surface area contributed by atoms with Crippen LogP contribution in [0.25, 0.3) is 0 Å². The Labute approximate surface area is 97.1 Å². The number of nitrogens with zero attached hydrogens (tertiary/aromatic N) is 2. The summed E-state index contributed by atoms with van der Waals surface area (Å²) >= 11 is 0. The van der Waals surface area contributed by atoms with Gasteiger partial charge in [0.15, 0.2) is 0 Å². The van der Waals surface area contributed by atoms with E-state index in [0.29, 0.717) is 12.5 Å². The predicted molar refractivity (Wildman–Crippen MR) is 65.5 cm³/mol. The Morgan fingerprint density at radius 3 is 2.75 bits per heavy atom. The minimum atomic E-state index is -0.341. The summed E-state index contributed by atoms with van der Waals surface area (Å²) in [4.78, 5) is 8.56. The first-order valence-electron chi connectivity index (χ1n) is 5.76. The molecule has 0 aromatic carbocycles. The highest BCUT2D eigenvalue weighted by Gasteiger charge is 2.12. The molecule has 4 heteroatoms. The average molecular weight is 223 g/mol. The molecule has 0 saturated heterocycles. The molecule has 0 fully saturated rings. The second kappa shape index (κ2) is 5.80. The molecule has 0 aliphatic carbocycles. The van der Waals surface area contributed by atoms with Gasteiger partial charge in [0.05, 0.1) is 17.5 Å². The van der Waals surface area contributed by atoms with Crippen molar-refractivity contribution in [3.05, 3.63) is 17.6 Å². The normalized spacial score (nSPS) is 14.6. The number of nitrogens with one attached hydrogen (secondary N) is 1. The minimum absolute atomic E-state index is 0.297. The first-order chi connectivity index (χ1) is 7.54. The van der Waals surface area contributed by atoms with Gasteiger partial charge in [-0.1, -0.05) is 20.3 Å². The highest BCUT2D eigenvalue weighted by molar-refractivity contribution is 5.39. The van der Waals surface area contributed by atoms with Crippen LogP contribution in [0.5, 0.6) is 0 Å². The number of aryl methyl sites for hydroxylation is 2. The van der Waals surface area contributed by atoms with Crippen LogP contribution in [-0.4, -0.2) is 27.7 Å². The maximum Gasteiger partial charge on any atom is 0.147 e. The lowest BCUT2D eigenvalue weighted by Crippen LogP contribution is -2.26. The SMILES string of the molecule is CCC(C)C(O)CNc1nc(C)cnc1C. The molecule has 2 N–H and O–H groups in total. The number of hydrogen-bond acceptors (Lipinski definition) is 4. The maximum atomic E-state index is 9.83. The zero-order valence-electron chi connectivity index (χ0n) is 10.5. The van der Waals surface area contributed by atoms with Crippen molar-refractivity contribution in [3.63, 3.8) is 0 Å². The van der Waals surface area contributed by atoms with E-state index in [-0.39, 0.29) is 6.10 Å². The van der Waals surface area contributed by atoms with Crippen LogP contribution in [0.15, 0.2) is 6.20 Å². The van der Waals surface area contributed by atoms with Crippen LogP contribution < -0.4 is 5.32 Å². The first kappa shape index (κ1) is 12.9. The average Bonchev–Trinajstić information content (AvgIpc) is 2.28. The van der Waals surface area contributed by atoms with E-state index in [1.54, 1.807) is 6.20 Å². The lowest BCUT2D eigenvalue weighted by Gasteiger charge is -2.18. The summed E-state index contributed by atoms with van der Waals surface area (Å²) in [6.45, 7) is 8.45. The topological polar surface area (TPSA) is 58.0 Å². The maximum absolute atomic E-state index is 9.83. The number of aromatic nitrogens is 2. The summed E-state index contributed by atoms with van der Waals surface area (Å²) in [5.74, 6) is 1.06. The first-order valence-corrected chi connectivity index (χ1v) is 5.76. The van der Waals surface area contributed by atoms with Crippen molar-refractivity contribution in [2.75, 3.05) is 11.9 Å². The van der Waals surface area contributed by atoms with E-state index in [0.717, 1.165) is 23.6 Å². The summed E-state index contributed by atoms with van der Waals surface area (Å²) in [5.41, 5.74) is 1.74. The van der Waals surface area contributed by atoms with E-state index in [1.165, 1.54) is 0 Å². The minimum Gasteiger partial charge on any atom is -0.391 e. The molecule has 0 aliphatic rings. The van der Waals surface area contributed by atoms with Crippen LogP contribution in [0, 0.1) is 19.8 Å². The van der Waals surface area contributed by atoms with Crippen LogP contribution >= 0.6 is 0 Å². The number of hydrogen-bond donors (Lipinski definition) is 2. The van der Waals surface area contributed by atoms with Crippen molar-refractivity contribution >= 4 is 5.82 Å². The van der Waals surface area contributed by atoms with Crippen LogP contribution in [0.2, 0.25) is 0 Å². The van der Waals surface area contributed by atoms with Crippen molar-refractivity contribution < 1.29 is 5.11 Å². The molecule has 0 radical (unpaired) electrons. The third-order valence-corrected chi connectivity index (χ3v) is 2.86. The van der Waals surface area contributed by atoms with Gasteiger partial charge in [0.25, 0.3) is 0 Å². The molecule has 0 amide bonds. The van der Waals surface area contributed by atoms with Gasteiger partial charge >= 0.3 is 0 Å². The molecule has 0 bridgehead atoms. The lowest BCUT2D eigenvalue weighted by molar-refractivity contribution is 0.126. The molecule has 1 aromatic heterocycles. The third-order valence-electron chi connectivity index (χ3n) is 2.86. The largest absolute Gasteiger partial charge is 0.391 e. The summed E-state index contributed by atoms with van der Waals surface area (Å²) < 4.78 is 0. The van der Waals surface area contributed by atoms with Gasteiger partial charge in [0, 0.05) is 12.7 Å². The van der Waals surface area contributed by atoms with Crippen molar-refractivity contribution in [2.45, 2.75) is 40.2 Å². The Bertz CT molecular complexity index is 341. The zero-order chi connectivity index (χ0) is 12.1.